The maximum absolute atomic E-state index is 15.2. The number of para-hydroxylation sites is 1. The molecule has 1 aliphatic carbocycles. The number of benzene rings is 3. The number of rotatable bonds is 7. The smallest absolute Gasteiger partial charge is 0.251 e. The summed E-state index contributed by atoms with van der Waals surface area (Å²) in [4.78, 5) is 42.9. The molecule has 11 heteroatoms. The van der Waals surface area contributed by atoms with Gasteiger partial charge in [-0.05, 0) is 67.8 Å². The Kier molecular flexibility index (Phi) is 9.39. The van der Waals surface area contributed by atoms with E-state index in [1.54, 1.807) is 17.0 Å². The number of nitrogens with one attached hydrogen (secondary N) is 2. The molecule has 1 aliphatic heterocycles. The van der Waals surface area contributed by atoms with Crippen molar-refractivity contribution in [2.24, 2.45) is 0 Å². The Morgan fingerprint density at radius 2 is 1.63 bits per heavy atom. The minimum atomic E-state index is -1.31. The zero-order valence-corrected chi connectivity index (χ0v) is 24.2. The van der Waals surface area contributed by atoms with Gasteiger partial charge in [-0.1, -0.05) is 31.4 Å². The first-order chi connectivity index (χ1) is 20.6. The predicted octanol–water partition coefficient (Wildman–Crippen LogP) is 5.99. The summed E-state index contributed by atoms with van der Waals surface area (Å²) in [6, 6.07) is 10.4. The van der Waals surface area contributed by atoms with Crippen molar-refractivity contribution in [3.8, 4) is 0 Å². The molecule has 226 valence electrons. The highest BCUT2D eigenvalue weighted by Crippen LogP contribution is 2.47. The first kappa shape index (κ1) is 30.6. The van der Waals surface area contributed by atoms with Crippen LogP contribution in [0.3, 0.4) is 0 Å². The lowest BCUT2D eigenvalue weighted by atomic mass is 9.92. The highest BCUT2D eigenvalue weighted by molar-refractivity contribution is 7.99. The van der Waals surface area contributed by atoms with Gasteiger partial charge in [0.2, 0.25) is 11.8 Å². The third-order valence-corrected chi connectivity index (χ3v) is 9.12. The van der Waals surface area contributed by atoms with Gasteiger partial charge in [0, 0.05) is 22.6 Å². The number of nitrogens with zero attached hydrogens (tertiary/aromatic N) is 1. The average Bonchev–Trinajstić information content (AvgIpc) is 3.08. The first-order valence-electron chi connectivity index (χ1n) is 14.2. The van der Waals surface area contributed by atoms with E-state index in [2.05, 4.69) is 10.6 Å². The van der Waals surface area contributed by atoms with Crippen molar-refractivity contribution >= 4 is 35.2 Å². The third kappa shape index (κ3) is 7.04. The van der Waals surface area contributed by atoms with E-state index in [1.807, 2.05) is 12.1 Å². The van der Waals surface area contributed by atoms with Gasteiger partial charge in [0.15, 0.2) is 0 Å². The number of thioether (sulfide) groups is 1. The summed E-state index contributed by atoms with van der Waals surface area (Å²) < 4.78 is 56.8. The van der Waals surface area contributed by atoms with Gasteiger partial charge in [0.1, 0.15) is 35.4 Å². The normalized spacial score (nSPS) is 19.7. The zero-order valence-electron chi connectivity index (χ0n) is 23.4. The molecule has 0 saturated heterocycles. The summed E-state index contributed by atoms with van der Waals surface area (Å²) in [7, 11) is 0. The first-order valence-corrected chi connectivity index (χ1v) is 15.1. The number of hydrogen-bond donors (Lipinski definition) is 2. The second-order valence-corrected chi connectivity index (χ2v) is 12.1. The average molecular weight is 614 g/mol. The monoisotopic (exact) mass is 613 g/mol. The van der Waals surface area contributed by atoms with Crippen LogP contribution in [0.1, 0.15) is 55.4 Å². The van der Waals surface area contributed by atoms with Gasteiger partial charge in [0.25, 0.3) is 5.91 Å². The summed E-state index contributed by atoms with van der Waals surface area (Å²) in [5, 5.41) is 4.18. The molecule has 0 bridgehead atoms. The zero-order chi connectivity index (χ0) is 30.7. The van der Waals surface area contributed by atoms with Crippen molar-refractivity contribution in [3.63, 3.8) is 0 Å². The summed E-state index contributed by atoms with van der Waals surface area (Å²) >= 11 is 1.16. The van der Waals surface area contributed by atoms with E-state index in [4.69, 9.17) is 0 Å². The van der Waals surface area contributed by atoms with E-state index in [9.17, 15) is 27.6 Å². The van der Waals surface area contributed by atoms with Crippen LogP contribution < -0.4 is 15.5 Å². The van der Waals surface area contributed by atoms with Crippen molar-refractivity contribution in [3.05, 3.63) is 95.1 Å². The van der Waals surface area contributed by atoms with Crippen LogP contribution in [-0.4, -0.2) is 35.8 Å². The molecule has 43 heavy (non-hydrogen) atoms. The van der Waals surface area contributed by atoms with Crippen LogP contribution in [0.5, 0.6) is 0 Å². The van der Waals surface area contributed by atoms with Gasteiger partial charge in [0.05, 0.1) is 17.4 Å². The lowest BCUT2D eigenvalue weighted by molar-refractivity contribution is -0.131. The molecular formula is C32H31F4N3O3S. The van der Waals surface area contributed by atoms with E-state index < -0.39 is 58.3 Å². The van der Waals surface area contributed by atoms with Crippen LogP contribution in [0.25, 0.3) is 0 Å². The van der Waals surface area contributed by atoms with Crippen LogP contribution in [-0.2, 0) is 20.8 Å². The van der Waals surface area contributed by atoms with Gasteiger partial charge >= 0.3 is 0 Å². The largest absolute Gasteiger partial charge is 0.344 e. The van der Waals surface area contributed by atoms with Gasteiger partial charge in [-0.15, -0.1) is 11.8 Å². The van der Waals surface area contributed by atoms with Gasteiger partial charge in [-0.25, -0.2) is 17.6 Å². The Balaban J connectivity index is 1.45. The second kappa shape index (κ2) is 13.2. The van der Waals surface area contributed by atoms with E-state index in [-0.39, 0.29) is 23.6 Å². The van der Waals surface area contributed by atoms with Crippen molar-refractivity contribution in [2.45, 2.75) is 73.7 Å². The second-order valence-electron chi connectivity index (χ2n) is 10.9. The number of halogens is 4. The molecule has 1 fully saturated rings. The van der Waals surface area contributed by atoms with Crippen LogP contribution in [0.4, 0.5) is 23.2 Å². The molecule has 3 amide bonds. The van der Waals surface area contributed by atoms with Crippen molar-refractivity contribution in [2.75, 3.05) is 4.90 Å². The molecule has 2 N–H and O–H groups in total. The maximum atomic E-state index is 15.2. The molecule has 3 aromatic rings. The molecule has 2 aliphatic rings. The Morgan fingerprint density at radius 1 is 0.930 bits per heavy atom. The number of carbonyl (C=O) groups is 3. The Morgan fingerprint density at radius 3 is 2.35 bits per heavy atom. The molecule has 1 heterocycles. The fourth-order valence-corrected chi connectivity index (χ4v) is 7.07. The van der Waals surface area contributed by atoms with E-state index in [0.717, 1.165) is 74.2 Å². The maximum Gasteiger partial charge on any atom is 0.251 e. The van der Waals surface area contributed by atoms with Crippen molar-refractivity contribution in [1.29, 1.82) is 0 Å². The number of hydrogen-bond acceptors (Lipinski definition) is 4. The summed E-state index contributed by atoms with van der Waals surface area (Å²) in [6.45, 7) is 1.40. The number of carbonyl (C=O) groups excluding carboxylic acids is 3. The Labute approximate surface area is 251 Å². The minimum Gasteiger partial charge on any atom is -0.344 e. The van der Waals surface area contributed by atoms with Crippen LogP contribution in [0.15, 0.2) is 65.6 Å². The van der Waals surface area contributed by atoms with E-state index >= 15 is 4.39 Å². The fraction of sp³-hybridized carbons (Fsp3) is 0.344. The van der Waals surface area contributed by atoms with E-state index in [0.29, 0.717) is 16.6 Å². The van der Waals surface area contributed by atoms with Crippen LogP contribution >= 0.6 is 11.8 Å². The Bertz CT molecular complexity index is 1510. The molecule has 6 nitrogen and oxygen atoms in total. The standard InChI is InChI=1S/C32H31F4N3O3S/c1-18(37-28(40)15-19-13-21(34)16-22(35)14-19)31(41)38-29-30(24-17-20(33)11-12-25(24)36)43-27-10-6-5-9-26(27)39(32(29)42)23-7-3-2-4-8-23/h5-6,9-14,16-18,23,29-30H,2-4,7-8,15H2,1H3,(H,37,40)(H,38,41)/t18-,29-,30-/m0/s1. The molecule has 5 rings (SSSR count). The lowest BCUT2D eigenvalue weighted by Gasteiger charge is -2.36. The number of anilines is 1. The highest BCUT2D eigenvalue weighted by atomic mass is 32.2. The minimum absolute atomic E-state index is 0.0752. The summed E-state index contributed by atoms with van der Waals surface area (Å²) in [5.41, 5.74) is 0.654. The topological polar surface area (TPSA) is 78.5 Å². The molecule has 0 unspecified atom stereocenters. The molecule has 3 atom stereocenters. The lowest BCUT2D eigenvalue weighted by Crippen LogP contribution is -2.57. The molecule has 3 aromatic carbocycles. The summed E-state index contributed by atoms with van der Waals surface area (Å²) in [5.74, 6) is -4.94. The molecule has 1 saturated carbocycles. The third-order valence-electron chi connectivity index (χ3n) is 7.74. The van der Waals surface area contributed by atoms with E-state index in [1.165, 1.54) is 6.92 Å². The molecule has 0 spiro atoms. The molecule has 0 radical (unpaired) electrons. The quantitative estimate of drug-likeness (QED) is 0.321. The van der Waals surface area contributed by atoms with Gasteiger partial charge in [-0.3, -0.25) is 14.4 Å². The Hall–Kier alpha value is -3.86. The fourth-order valence-electron chi connectivity index (χ4n) is 5.72. The summed E-state index contributed by atoms with van der Waals surface area (Å²) in [6.07, 6.45) is 4.05. The highest BCUT2D eigenvalue weighted by Gasteiger charge is 2.43. The number of amides is 3. The SMILES string of the molecule is C[C@H](NC(=O)Cc1cc(F)cc(F)c1)C(=O)N[C@@H]1C(=O)N(C2CCCCC2)c2ccccc2S[C@H]1c1cc(F)ccc1F. The van der Waals surface area contributed by atoms with Gasteiger partial charge in [-0.2, -0.15) is 0 Å². The van der Waals surface area contributed by atoms with Crippen molar-refractivity contribution in [1.82, 2.24) is 10.6 Å². The predicted molar refractivity (Wildman–Crippen MR) is 155 cm³/mol. The molecule has 0 aromatic heterocycles. The van der Waals surface area contributed by atoms with Crippen LogP contribution in [0.2, 0.25) is 0 Å². The number of fused-ring (bicyclic) bond motifs is 1. The molecular weight excluding hydrogens is 582 g/mol. The van der Waals surface area contributed by atoms with Crippen LogP contribution in [0, 0.1) is 23.3 Å². The van der Waals surface area contributed by atoms with Crippen molar-refractivity contribution < 1.29 is 31.9 Å². The van der Waals surface area contributed by atoms with Gasteiger partial charge < -0.3 is 15.5 Å².